The van der Waals surface area contributed by atoms with E-state index in [9.17, 15) is 4.79 Å². The van der Waals surface area contributed by atoms with E-state index in [1.54, 1.807) is 0 Å². The molecule has 0 saturated carbocycles. The van der Waals surface area contributed by atoms with E-state index in [2.05, 4.69) is 61.2 Å². The zero-order valence-electron chi connectivity index (χ0n) is 11.9. The molecule has 0 rings (SSSR count). The first-order valence-corrected chi connectivity index (χ1v) is 13.8. The Kier molecular flexibility index (Phi) is 4.50. The molecule has 1 atom stereocenters. The van der Waals surface area contributed by atoms with Crippen molar-refractivity contribution in [3.63, 3.8) is 0 Å². The molecule has 0 aliphatic heterocycles. The molecule has 1 nitrogen and oxygen atoms in total. The van der Waals surface area contributed by atoms with Gasteiger partial charge in [0.05, 0.1) is 0 Å². The third-order valence-electron chi connectivity index (χ3n) is 2.19. The van der Waals surface area contributed by atoms with Gasteiger partial charge in [-0.15, -0.1) is 0 Å². The van der Waals surface area contributed by atoms with Crippen LogP contribution in [0.1, 0.15) is 41.5 Å². The van der Waals surface area contributed by atoms with Crippen LogP contribution in [0.5, 0.6) is 0 Å². The molecule has 0 aliphatic carbocycles. The number of hydrogen-bond acceptors (Lipinski definition) is 1. The van der Waals surface area contributed by atoms with Gasteiger partial charge in [0, 0.05) is 0 Å². The van der Waals surface area contributed by atoms with E-state index in [-0.39, 0.29) is 9.62 Å². The van der Waals surface area contributed by atoms with Crippen molar-refractivity contribution in [1.29, 1.82) is 0 Å². The summed E-state index contributed by atoms with van der Waals surface area (Å²) >= 11 is -1.41. The van der Waals surface area contributed by atoms with Gasteiger partial charge >= 0.3 is 101 Å². The number of rotatable bonds is 2. The van der Waals surface area contributed by atoms with Gasteiger partial charge in [-0.2, -0.15) is 0 Å². The SMILES string of the molecule is CC(C)(C)C(=O)[As](C(C)(C)C)[Si](C)(C)C. The summed E-state index contributed by atoms with van der Waals surface area (Å²) in [6.45, 7) is 18.8. The molecule has 90 valence electrons. The van der Waals surface area contributed by atoms with E-state index < -0.39 is 20.5 Å². The molecular formula is C12H27AsOSi. The first-order chi connectivity index (χ1) is 6.28. The third-order valence-corrected chi connectivity index (χ3v) is 21.6. The molecule has 15 heavy (non-hydrogen) atoms. The van der Waals surface area contributed by atoms with E-state index in [1.165, 1.54) is 0 Å². The molecule has 0 aromatic carbocycles. The van der Waals surface area contributed by atoms with Gasteiger partial charge in [0.25, 0.3) is 0 Å². The minimum absolute atomic E-state index is 0.145. The monoisotopic (exact) mass is 290 g/mol. The molecule has 0 bridgehead atoms. The van der Waals surface area contributed by atoms with Crippen molar-refractivity contribution in [2.75, 3.05) is 0 Å². The Bertz CT molecular complexity index is 226. The van der Waals surface area contributed by atoms with Crippen LogP contribution in [0.15, 0.2) is 0 Å². The van der Waals surface area contributed by atoms with Crippen LogP contribution in [0.2, 0.25) is 23.8 Å². The van der Waals surface area contributed by atoms with Crippen molar-refractivity contribution in [3.05, 3.63) is 0 Å². The van der Waals surface area contributed by atoms with Crippen LogP contribution in [0.25, 0.3) is 0 Å². The number of hydrogen-bond donors (Lipinski definition) is 0. The van der Waals surface area contributed by atoms with E-state index in [4.69, 9.17) is 0 Å². The average molecular weight is 290 g/mol. The average Bonchev–Trinajstić information content (AvgIpc) is 1.76. The van der Waals surface area contributed by atoms with Gasteiger partial charge in [-0.05, 0) is 0 Å². The summed E-state index contributed by atoms with van der Waals surface area (Å²) in [6, 6.07) is 0. The summed E-state index contributed by atoms with van der Waals surface area (Å²) in [5.41, 5.74) is -0.145. The minimum atomic E-state index is -1.41. The van der Waals surface area contributed by atoms with E-state index in [1.807, 2.05) is 0 Å². The standard InChI is InChI=1S/C12H27AsOSi/c1-11(2,3)10(14)13(12(4,5)6)15(7,8)9/h1-9H3. The molecule has 1 unspecified atom stereocenters. The van der Waals surface area contributed by atoms with E-state index in [0.717, 1.165) is 0 Å². The maximum absolute atomic E-state index is 12.6. The van der Waals surface area contributed by atoms with Crippen LogP contribution in [0.3, 0.4) is 0 Å². The predicted octanol–water partition coefficient (Wildman–Crippen LogP) is 3.85. The second-order valence-electron chi connectivity index (χ2n) is 7.23. The van der Waals surface area contributed by atoms with Crippen LogP contribution < -0.4 is 0 Å². The summed E-state index contributed by atoms with van der Waals surface area (Å²) in [4.78, 5) is 12.6. The normalized spacial score (nSPS) is 16.3. The fraction of sp³-hybridized carbons (Fsp3) is 0.917. The summed E-state index contributed by atoms with van der Waals surface area (Å²) in [7, 11) is 0. The molecule has 0 amide bonds. The Morgan fingerprint density at radius 1 is 0.933 bits per heavy atom. The topological polar surface area (TPSA) is 17.1 Å². The molecule has 0 aromatic rings. The van der Waals surface area contributed by atoms with Gasteiger partial charge < -0.3 is 0 Å². The fourth-order valence-electron chi connectivity index (χ4n) is 1.95. The van der Waals surface area contributed by atoms with Crippen LogP contribution in [-0.4, -0.2) is 25.1 Å². The van der Waals surface area contributed by atoms with Gasteiger partial charge in [-0.3, -0.25) is 0 Å². The second kappa shape index (κ2) is 4.37. The molecule has 0 heterocycles. The molecule has 0 saturated heterocycles. The summed E-state index contributed by atoms with van der Waals surface area (Å²) in [6.07, 6.45) is 0. The van der Waals surface area contributed by atoms with Gasteiger partial charge in [-0.1, -0.05) is 0 Å². The van der Waals surface area contributed by atoms with Crippen LogP contribution in [0.4, 0.5) is 0 Å². The Morgan fingerprint density at radius 3 is 1.33 bits per heavy atom. The Morgan fingerprint density at radius 2 is 1.27 bits per heavy atom. The number of carbonyl (C=O) groups is 1. The summed E-state index contributed by atoms with van der Waals surface area (Å²) in [5, 5.41) is 0. The van der Waals surface area contributed by atoms with Gasteiger partial charge in [0.15, 0.2) is 0 Å². The Labute approximate surface area is 101 Å². The first-order valence-electron chi connectivity index (χ1n) is 5.62. The molecule has 0 spiro atoms. The zero-order valence-corrected chi connectivity index (χ0v) is 14.7. The zero-order chi connectivity index (χ0) is 12.7. The van der Waals surface area contributed by atoms with Crippen LogP contribution >= 0.6 is 0 Å². The Hall–Kier alpha value is 0.445. The summed E-state index contributed by atoms with van der Waals surface area (Å²) in [5.74, 6) is 0. The molecule has 0 aliphatic rings. The molecular weight excluding hydrogens is 263 g/mol. The van der Waals surface area contributed by atoms with Gasteiger partial charge in [-0.25, -0.2) is 0 Å². The molecule has 0 aromatic heterocycles. The molecule has 0 fully saturated rings. The molecule has 0 radical (unpaired) electrons. The maximum atomic E-state index is 12.6. The van der Waals surface area contributed by atoms with Gasteiger partial charge in [0.2, 0.25) is 0 Å². The quantitative estimate of drug-likeness (QED) is 0.706. The Balaban J connectivity index is 5.26. The van der Waals surface area contributed by atoms with Crippen molar-refractivity contribution in [1.82, 2.24) is 0 Å². The van der Waals surface area contributed by atoms with E-state index in [0.29, 0.717) is 4.57 Å². The van der Waals surface area contributed by atoms with Crippen LogP contribution in [-0.2, 0) is 4.79 Å². The van der Waals surface area contributed by atoms with Crippen molar-refractivity contribution in [2.24, 2.45) is 5.41 Å². The summed E-state index contributed by atoms with van der Waals surface area (Å²) < 4.78 is 0.823. The van der Waals surface area contributed by atoms with Crippen molar-refractivity contribution >= 4 is 25.1 Å². The van der Waals surface area contributed by atoms with Crippen LogP contribution in [0, 0.1) is 5.41 Å². The first kappa shape index (κ1) is 15.4. The fourth-order valence-corrected chi connectivity index (χ4v) is 25.5. The molecule has 0 N–H and O–H groups in total. The van der Waals surface area contributed by atoms with Crippen molar-refractivity contribution in [3.8, 4) is 0 Å². The van der Waals surface area contributed by atoms with Gasteiger partial charge in [0.1, 0.15) is 0 Å². The third kappa shape index (κ3) is 4.44. The molecule has 3 heteroatoms. The second-order valence-corrected chi connectivity index (χ2v) is 27.4. The van der Waals surface area contributed by atoms with Crippen molar-refractivity contribution < 1.29 is 4.79 Å². The van der Waals surface area contributed by atoms with E-state index >= 15 is 0 Å². The van der Waals surface area contributed by atoms with Crippen molar-refractivity contribution in [2.45, 2.75) is 65.4 Å². The number of carbonyl (C=O) groups excluding carboxylic acids is 1. The predicted molar refractivity (Wildman–Crippen MR) is 73.3 cm³/mol.